The maximum absolute atomic E-state index is 12.3. The van der Waals surface area contributed by atoms with E-state index in [-0.39, 0.29) is 18.4 Å². The Balaban J connectivity index is 1.38. The molecule has 6 nitrogen and oxygen atoms in total. The lowest BCUT2D eigenvalue weighted by Gasteiger charge is -2.08. The summed E-state index contributed by atoms with van der Waals surface area (Å²) in [5.74, 6) is 0.0283. The van der Waals surface area contributed by atoms with E-state index in [0.29, 0.717) is 27.6 Å². The Bertz CT molecular complexity index is 1230. The molecule has 0 radical (unpaired) electrons. The highest BCUT2D eigenvalue weighted by Crippen LogP contribution is 2.35. The van der Waals surface area contributed by atoms with E-state index in [1.54, 1.807) is 72.8 Å². The highest BCUT2D eigenvalue weighted by Gasteiger charge is 2.24. The molecule has 0 aliphatic carbocycles. The van der Waals surface area contributed by atoms with Crippen LogP contribution in [-0.2, 0) is 9.59 Å². The van der Waals surface area contributed by atoms with Crippen LogP contribution in [-0.4, -0.2) is 18.4 Å². The second-order valence-electron chi connectivity index (χ2n) is 6.80. The van der Waals surface area contributed by atoms with Gasteiger partial charge in [0.05, 0.1) is 11.6 Å². The molecular weight excluding hydrogens is 414 g/mol. The molecule has 3 aromatic rings. The van der Waals surface area contributed by atoms with Crippen LogP contribution in [0, 0.1) is 11.3 Å². The van der Waals surface area contributed by atoms with Gasteiger partial charge in [0.15, 0.2) is 6.61 Å². The number of nitriles is 1. The zero-order valence-corrected chi connectivity index (χ0v) is 16.9. The summed E-state index contributed by atoms with van der Waals surface area (Å²) < 4.78 is 5.52. The largest absolute Gasteiger partial charge is 0.484 e. The number of halogens is 1. The van der Waals surface area contributed by atoms with Crippen LogP contribution >= 0.6 is 11.6 Å². The van der Waals surface area contributed by atoms with Gasteiger partial charge in [-0.2, -0.15) is 5.26 Å². The second kappa shape index (κ2) is 8.74. The fraction of sp³-hybridized carbons (Fsp3) is 0.0417. The number of ether oxygens (including phenoxy) is 1. The lowest BCUT2D eigenvalue weighted by atomic mass is 10.0. The third-order valence-corrected chi connectivity index (χ3v) is 4.86. The number of carbonyl (C=O) groups is 2. The number of nitrogens with zero attached hydrogens (tertiary/aromatic N) is 1. The fourth-order valence-corrected chi connectivity index (χ4v) is 3.28. The highest BCUT2D eigenvalue weighted by molar-refractivity contribution is 6.36. The molecule has 4 rings (SSSR count). The Morgan fingerprint density at radius 3 is 2.55 bits per heavy atom. The van der Waals surface area contributed by atoms with Crippen molar-refractivity contribution >= 4 is 46.4 Å². The fourth-order valence-electron chi connectivity index (χ4n) is 3.10. The van der Waals surface area contributed by atoms with Gasteiger partial charge >= 0.3 is 0 Å². The molecule has 0 spiro atoms. The molecule has 31 heavy (non-hydrogen) atoms. The molecule has 152 valence electrons. The number of hydrogen-bond donors (Lipinski definition) is 2. The SMILES string of the molecule is N#Cc1ccc(NC(=O)COc2ccc(/C=C3\C(=O)Nc4ccc(Cl)cc43)cc2)cc1. The Kier molecular flexibility index (Phi) is 5.69. The quantitative estimate of drug-likeness (QED) is 0.574. The van der Waals surface area contributed by atoms with Gasteiger partial charge < -0.3 is 15.4 Å². The minimum absolute atomic E-state index is 0.158. The first-order chi connectivity index (χ1) is 15.0. The molecule has 2 N–H and O–H groups in total. The van der Waals surface area contributed by atoms with Crippen molar-refractivity contribution in [2.24, 2.45) is 0 Å². The summed E-state index contributed by atoms with van der Waals surface area (Å²) in [4.78, 5) is 24.3. The van der Waals surface area contributed by atoms with E-state index in [2.05, 4.69) is 10.6 Å². The van der Waals surface area contributed by atoms with Crippen molar-refractivity contribution in [2.75, 3.05) is 17.2 Å². The van der Waals surface area contributed by atoms with Gasteiger partial charge in [0.1, 0.15) is 5.75 Å². The summed E-state index contributed by atoms with van der Waals surface area (Å²) in [5.41, 5.74) is 3.95. The zero-order chi connectivity index (χ0) is 21.8. The number of amides is 2. The maximum atomic E-state index is 12.3. The van der Waals surface area contributed by atoms with Crippen molar-refractivity contribution in [3.05, 3.63) is 88.4 Å². The second-order valence-corrected chi connectivity index (χ2v) is 7.23. The summed E-state index contributed by atoms with van der Waals surface area (Å²) in [6.45, 7) is -0.158. The van der Waals surface area contributed by atoms with Crippen LogP contribution in [0.25, 0.3) is 11.6 Å². The van der Waals surface area contributed by atoms with Crippen molar-refractivity contribution in [2.45, 2.75) is 0 Å². The normalized spacial score (nSPS) is 13.3. The van der Waals surface area contributed by atoms with Gasteiger partial charge in [-0.05, 0) is 66.2 Å². The topological polar surface area (TPSA) is 91.2 Å². The van der Waals surface area contributed by atoms with Gasteiger partial charge in [0.25, 0.3) is 11.8 Å². The number of fused-ring (bicyclic) bond motifs is 1. The summed E-state index contributed by atoms with van der Waals surface area (Å²) >= 11 is 6.06. The number of rotatable bonds is 5. The van der Waals surface area contributed by atoms with Crippen LogP contribution < -0.4 is 15.4 Å². The van der Waals surface area contributed by atoms with Gasteiger partial charge in [-0.15, -0.1) is 0 Å². The third kappa shape index (κ3) is 4.74. The third-order valence-electron chi connectivity index (χ3n) is 4.62. The summed E-state index contributed by atoms with van der Waals surface area (Å²) in [5, 5.41) is 14.9. The van der Waals surface area contributed by atoms with Crippen molar-refractivity contribution in [3.63, 3.8) is 0 Å². The molecule has 0 saturated heterocycles. The first-order valence-electron chi connectivity index (χ1n) is 9.38. The predicted octanol–water partition coefficient (Wildman–Crippen LogP) is 4.72. The summed E-state index contributed by atoms with van der Waals surface area (Å²) in [6, 6.07) is 20.9. The Labute approximate surface area is 183 Å². The van der Waals surface area contributed by atoms with E-state index in [9.17, 15) is 9.59 Å². The van der Waals surface area contributed by atoms with E-state index in [0.717, 1.165) is 16.8 Å². The molecule has 7 heteroatoms. The molecule has 0 fully saturated rings. The van der Waals surface area contributed by atoms with Gasteiger partial charge in [0, 0.05) is 27.5 Å². The number of benzene rings is 3. The predicted molar refractivity (Wildman–Crippen MR) is 120 cm³/mol. The van der Waals surface area contributed by atoms with Gasteiger partial charge in [-0.1, -0.05) is 23.7 Å². The monoisotopic (exact) mass is 429 g/mol. The van der Waals surface area contributed by atoms with Crippen LogP contribution in [0.15, 0.2) is 66.7 Å². The van der Waals surface area contributed by atoms with Crippen molar-refractivity contribution in [3.8, 4) is 11.8 Å². The average molecular weight is 430 g/mol. The molecule has 3 aromatic carbocycles. The van der Waals surface area contributed by atoms with E-state index in [4.69, 9.17) is 21.6 Å². The van der Waals surface area contributed by atoms with E-state index >= 15 is 0 Å². The number of carbonyl (C=O) groups excluding carboxylic acids is 2. The number of anilines is 2. The first-order valence-corrected chi connectivity index (χ1v) is 9.75. The van der Waals surface area contributed by atoms with E-state index < -0.39 is 0 Å². The minimum Gasteiger partial charge on any atom is -0.484 e. The van der Waals surface area contributed by atoms with Crippen LogP contribution in [0.3, 0.4) is 0 Å². The van der Waals surface area contributed by atoms with Crippen LogP contribution in [0.5, 0.6) is 5.75 Å². The van der Waals surface area contributed by atoms with E-state index in [1.807, 2.05) is 6.07 Å². The standard InChI is InChI=1S/C24H16ClN3O3/c25-17-5-10-22-20(12-17)21(24(30)28-22)11-15-3-8-19(9-4-15)31-14-23(29)27-18-6-1-16(13-26)2-7-18/h1-12H,14H2,(H,27,29)(H,28,30)/b21-11-. The lowest BCUT2D eigenvalue weighted by Crippen LogP contribution is -2.20. The summed E-state index contributed by atoms with van der Waals surface area (Å²) in [7, 11) is 0. The average Bonchev–Trinajstić information content (AvgIpc) is 3.08. The molecular formula is C24H16ClN3O3. The zero-order valence-electron chi connectivity index (χ0n) is 16.2. The molecule has 1 aliphatic rings. The molecule has 1 aliphatic heterocycles. The Hall–Kier alpha value is -4.08. The smallest absolute Gasteiger partial charge is 0.262 e. The Morgan fingerprint density at radius 1 is 1.10 bits per heavy atom. The van der Waals surface area contributed by atoms with Crippen molar-refractivity contribution in [1.29, 1.82) is 5.26 Å². The van der Waals surface area contributed by atoms with Crippen LogP contribution in [0.2, 0.25) is 5.02 Å². The molecule has 1 heterocycles. The minimum atomic E-state index is -0.313. The maximum Gasteiger partial charge on any atom is 0.262 e. The Morgan fingerprint density at radius 2 is 1.84 bits per heavy atom. The number of hydrogen-bond acceptors (Lipinski definition) is 4. The van der Waals surface area contributed by atoms with Gasteiger partial charge in [0.2, 0.25) is 0 Å². The molecule has 0 saturated carbocycles. The molecule has 2 amide bonds. The molecule has 0 atom stereocenters. The molecule has 0 aromatic heterocycles. The molecule has 0 bridgehead atoms. The lowest BCUT2D eigenvalue weighted by molar-refractivity contribution is -0.118. The molecule has 0 unspecified atom stereocenters. The van der Waals surface area contributed by atoms with Crippen molar-refractivity contribution in [1.82, 2.24) is 0 Å². The van der Waals surface area contributed by atoms with Crippen molar-refractivity contribution < 1.29 is 14.3 Å². The van der Waals surface area contributed by atoms with Gasteiger partial charge in [-0.25, -0.2) is 0 Å². The summed E-state index contributed by atoms with van der Waals surface area (Å²) in [6.07, 6.45) is 1.78. The van der Waals surface area contributed by atoms with Crippen LogP contribution in [0.4, 0.5) is 11.4 Å². The van der Waals surface area contributed by atoms with Gasteiger partial charge in [-0.3, -0.25) is 9.59 Å². The van der Waals surface area contributed by atoms with E-state index in [1.165, 1.54) is 0 Å². The number of nitrogens with one attached hydrogen (secondary N) is 2. The van der Waals surface area contributed by atoms with Crippen LogP contribution in [0.1, 0.15) is 16.7 Å². The highest BCUT2D eigenvalue weighted by atomic mass is 35.5. The first kappa shape index (κ1) is 20.2.